The molecule has 0 unspecified atom stereocenters. The zero-order valence-corrected chi connectivity index (χ0v) is 12.1. The molecule has 1 aromatic rings. The van der Waals surface area contributed by atoms with E-state index in [2.05, 4.69) is 17.2 Å². The molecule has 2 N–H and O–H groups in total. The van der Waals surface area contributed by atoms with Gasteiger partial charge in [-0.1, -0.05) is 13.0 Å². The number of carbonyl (C=O) groups excluding carboxylic acids is 1. The molecule has 1 heterocycles. The molecule has 0 atom stereocenters. The first-order chi connectivity index (χ1) is 9.57. The van der Waals surface area contributed by atoms with Crippen molar-refractivity contribution in [2.75, 3.05) is 6.54 Å². The van der Waals surface area contributed by atoms with Crippen molar-refractivity contribution < 1.29 is 9.90 Å². The summed E-state index contributed by atoms with van der Waals surface area (Å²) in [7, 11) is 0. The second-order valence-electron chi connectivity index (χ2n) is 6.04. The zero-order chi connectivity index (χ0) is 14.4. The van der Waals surface area contributed by atoms with E-state index in [-0.39, 0.29) is 5.91 Å². The number of aryl methyl sites for hydroxylation is 1. The van der Waals surface area contributed by atoms with Crippen LogP contribution in [0.5, 0.6) is 0 Å². The van der Waals surface area contributed by atoms with Gasteiger partial charge in [0.1, 0.15) is 0 Å². The third-order valence-corrected chi connectivity index (χ3v) is 4.18. The SMILES string of the molecule is CC1CCC(O)(CNC(=O)CCc2cccnc2)CC1. The third kappa shape index (κ3) is 4.60. The summed E-state index contributed by atoms with van der Waals surface area (Å²) < 4.78 is 0. The lowest BCUT2D eigenvalue weighted by Crippen LogP contribution is -2.45. The van der Waals surface area contributed by atoms with Gasteiger partial charge < -0.3 is 10.4 Å². The first-order valence-electron chi connectivity index (χ1n) is 7.45. The highest BCUT2D eigenvalue weighted by atomic mass is 16.3. The predicted octanol–water partition coefficient (Wildman–Crippen LogP) is 2.07. The standard InChI is InChI=1S/C16H24N2O2/c1-13-6-8-16(20,9-7-13)12-18-15(19)5-4-14-3-2-10-17-11-14/h2-3,10-11,13,20H,4-9,12H2,1H3,(H,18,19). The Balaban J connectivity index is 1.70. The van der Waals surface area contributed by atoms with Crippen LogP contribution in [-0.4, -0.2) is 28.1 Å². The molecule has 1 aliphatic carbocycles. The van der Waals surface area contributed by atoms with Gasteiger partial charge in [-0.15, -0.1) is 0 Å². The third-order valence-electron chi connectivity index (χ3n) is 4.18. The Morgan fingerprint density at radius 1 is 1.50 bits per heavy atom. The molecule has 0 saturated heterocycles. The van der Waals surface area contributed by atoms with Crippen LogP contribution in [0.25, 0.3) is 0 Å². The summed E-state index contributed by atoms with van der Waals surface area (Å²) in [5, 5.41) is 13.3. The van der Waals surface area contributed by atoms with Crippen LogP contribution in [0.1, 0.15) is 44.6 Å². The predicted molar refractivity (Wildman–Crippen MR) is 78.1 cm³/mol. The highest BCUT2D eigenvalue weighted by molar-refractivity contribution is 5.76. The summed E-state index contributed by atoms with van der Waals surface area (Å²) in [5.41, 5.74) is 0.365. The van der Waals surface area contributed by atoms with Crippen molar-refractivity contribution in [3.8, 4) is 0 Å². The molecule has 4 nitrogen and oxygen atoms in total. The van der Waals surface area contributed by atoms with Crippen LogP contribution in [0.2, 0.25) is 0 Å². The first-order valence-corrected chi connectivity index (χ1v) is 7.45. The van der Waals surface area contributed by atoms with Crippen molar-refractivity contribution in [3.05, 3.63) is 30.1 Å². The monoisotopic (exact) mass is 276 g/mol. The summed E-state index contributed by atoms with van der Waals surface area (Å²) in [5.74, 6) is 0.692. The second-order valence-corrected chi connectivity index (χ2v) is 6.04. The van der Waals surface area contributed by atoms with Gasteiger partial charge in [0, 0.05) is 25.4 Å². The average molecular weight is 276 g/mol. The number of hydrogen-bond donors (Lipinski definition) is 2. The normalized spacial score (nSPS) is 26.2. The van der Waals surface area contributed by atoms with Gasteiger partial charge in [0.15, 0.2) is 0 Å². The molecule has 1 saturated carbocycles. The molecule has 0 bridgehead atoms. The van der Waals surface area contributed by atoms with Gasteiger partial charge in [-0.2, -0.15) is 0 Å². The van der Waals surface area contributed by atoms with E-state index in [0.717, 1.165) is 31.2 Å². The summed E-state index contributed by atoms with van der Waals surface area (Å²) in [6, 6.07) is 3.84. The van der Waals surface area contributed by atoms with Crippen LogP contribution in [0.3, 0.4) is 0 Å². The Morgan fingerprint density at radius 3 is 2.90 bits per heavy atom. The number of pyridine rings is 1. The molecule has 0 radical (unpaired) electrons. The van der Waals surface area contributed by atoms with Crippen LogP contribution in [-0.2, 0) is 11.2 Å². The Labute approximate surface area is 120 Å². The van der Waals surface area contributed by atoms with Crippen molar-refractivity contribution in [3.63, 3.8) is 0 Å². The van der Waals surface area contributed by atoms with E-state index in [1.807, 2.05) is 12.1 Å². The fourth-order valence-electron chi connectivity index (χ4n) is 2.63. The molecule has 0 aliphatic heterocycles. The molecule has 1 aromatic heterocycles. The van der Waals surface area contributed by atoms with Gasteiger partial charge in [0.05, 0.1) is 5.60 Å². The highest BCUT2D eigenvalue weighted by Crippen LogP contribution is 2.31. The molecule has 1 aliphatic rings. The Hall–Kier alpha value is -1.42. The van der Waals surface area contributed by atoms with Crippen molar-refractivity contribution in [2.24, 2.45) is 5.92 Å². The minimum absolute atomic E-state index is 0.000833. The largest absolute Gasteiger partial charge is 0.388 e. The fraction of sp³-hybridized carbons (Fsp3) is 0.625. The van der Waals surface area contributed by atoms with E-state index in [1.54, 1.807) is 12.4 Å². The minimum atomic E-state index is -0.698. The Morgan fingerprint density at radius 2 is 2.25 bits per heavy atom. The zero-order valence-electron chi connectivity index (χ0n) is 12.1. The van der Waals surface area contributed by atoms with Gasteiger partial charge in [-0.25, -0.2) is 0 Å². The van der Waals surface area contributed by atoms with Crippen LogP contribution in [0.15, 0.2) is 24.5 Å². The molecule has 0 aromatic carbocycles. The number of aromatic nitrogens is 1. The fourth-order valence-corrected chi connectivity index (χ4v) is 2.63. The van der Waals surface area contributed by atoms with E-state index in [9.17, 15) is 9.90 Å². The van der Waals surface area contributed by atoms with E-state index >= 15 is 0 Å². The molecule has 1 fully saturated rings. The number of aliphatic hydroxyl groups is 1. The number of rotatable bonds is 5. The van der Waals surface area contributed by atoms with E-state index in [1.165, 1.54) is 0 Å². The van der Waals surface area contributed by atoms with Gasteiger partial charge >= 0.3 is 0 Å². The molecule has 20 heavy (non-hydrogen) atoms. The van der Waals surface area contributed by atoms with Gasteiger partial charge in [-0.05, 0) is 49.7 Å². The van der Waals surface area contributed by atoms with E-state index < -0.39 is 5.60 Å². The van der Waals surface area contributed by atoms with Crippen molar-refractivity contribution in [1.29, 1.82) is 0 Å². The number of hydrogen-bond acceptors (Lipinski definition) is 3. The lowest BCUT2D eigenvalue weighted by molar-refractivity contribution is -0.122. The highest BCUT2D eigenvalue weighted by Gasteiger charge is 2.31. The Bertz CT molecular complexity index is 425. The molecular weight excluding hydrogens is 252 g/mol. The van der Waals surface area contributed by atoms with E-state index in [0.29, 0.717) is 25.3 Å². The molecular formula is C16H24N2O2. The molecule has 110 valence electrons. The second kappa shape index (κ2) is 6.84. The van der Waals surface area contributed by atoms with Gasteiger partial charge in [0.25, 0.3) is 0 Å². The van der Waals surface area contributed by atoms with Crippen LogP contribution in [0.4, 0.5) is 0 Å². The van der Waals surface area contributed by atoms with Crippen LogP contribution >= 0.6 is 0 Å². The summed E-state index contributed by atoms with van der Waals surface area (Å²) in [6.45, 7) is 2.59. The van der Waals surface area contributed by atoms with Gasteiger partial charge in [0.2, 0.25) is 5.91 Å². The molecule has 4 heteroatoms. The summed E-state index contributed by atoms with van der Waals surface area (Å²) in [6.07, 6.45) is 8.30. The number of nitrogens with one attached hydrogen (secondary N) is 1. The van der Waals surface area contributed by atoms with Crippen LogP contribution in [0, 0.1) is 5.92 Å². The maximum absolute atomic E-state index is 11.8. The van der Waals surface area contributed by atoms with Crippen LogP contribution < -0.4 is 5.32 Å². The van der Waals surface area contributed by atoms with Crippen molar-refractivity contribution in [1.82, 2.24) is 10.3 Å². The molecule has 2 rings (SSSR count). The maximum Gasteiger partial charge on any atom is 0.220 e. The molecule has 1 amide bonds. The lowest BCUT2D eigenvalue weighted by Gasteiger charge is -2.34. The van der Waals surface area contributed by atoms with E-state index in [4.69, 9.17) is 0 Å². The molecule has 0 spiro atoms. The number of amides is 1. The lowest BCUT2D eigenvalue weighted by atomic mass is 9.79. The summed E-state index contributed by atoms with van der Waals surface area (Å²) in [4.78, 5) is 15.9. The van der Waals surface area contributed by atoms with Gasteiger partial charge in [-0.3, -0.25) is 9.78 Å². The summed E-state index contributed by atoms with van der Waals surface area (Å²) >= 11 is 0. The van der Waals surface area contributed by atoms with Crippen molar-refractivity contribution >= 4 is 5.91 Å². The average Bonchev–Trinajstić information content (AvgIpc) is 2.48. The first kappa shape index (κ1) is 15.0. The maximum atomic E-state index is 11.8. The number of nitrogens with zero attached hydrogens (tertiary/aromatic N) is 1. The number of carbonyl (C=O) groups is 1. The topological polar surface area (TPSA) is 62.2 Å². The smallest absolute Gasteiger partial charge is 0.220 e. The van der Waals surface area contributed by atoms with Crippen molar-refractivity contribution in [2.45, 2.75) is 51.0 Å². The quantitative estimate of drug-likeness (QED) is 0.865. The Kier molecular flexibility index (Phi) is 5.12. The minimum Gasteiger partial charge on any atom is -0.388 e.